The van der Waals surface area contributed by atoms with Gasteiger partial charge in [0.1, 0.15) is 11.4 Å². The van der Waals surface area contributed by atoms with Gasteiger partial charge in [0.2, 0.25) is 5.88 Å². The van der Waals surface area contributed by atoms with Gasteiger partial charge in [-0.05, 0) is 29.1 Å². The van der Waals surface area contributed by atoms with Crippen LogP contribution in [0.5, 0.6) is 5.88 Å². The van der Waals surface area contributed by atoms with Gasteiger partial charge >= 0.3 is 5.69 Å². The second-order valence-corrected chi connectivity index (χ2v) is 6.61. The number of aromatic hydroxyl groups is 1. The zero-order chi connectivity index (χ0) is 21.1. The zero-order valence-corrected chi connectivity index (χ0v) is 15.7. The van der Waals surface area contributed by atoms with E-state index >= 15 is 0 Å². The molecule has 3 aromatic carbocycles. The van der Waals surface area contributed by atoms with Gasteiger partial charge in [-0.25, -0.2) is 9.18 Å². The van der Waals surface area contributed by atoms with Crippen molar-refractivity contribution in [3.63, 3.8) is 0 Å². The monoisotopic (exact) mass is 404 g/mol. The van der Waals surface area contributed by atoms with E-state index in [0.717, 1.165) is 27.2 Å². The molecule has 0 radical (unpaired) electrons. The molecular weight excluding hydrogens is 387 g/mol. The lowest BCUT2D eigenvalue weighted by molar-refractivity contribution is 0.408. The highest BCUT2D eigenvalue weighted by Gasteiger charge is 2.13. The average Bonchev–Trinajstić information content (AvgIpc) is 2.75. The zero-order valence-electron chi connectivity index (χ0n) is 15.7. The second kappa shape index (κ2) is 8.04. The average molecular weight is 404 g/mol. The number of anilines is 1. The molecule has 4 aromatic rings. The van der Waals surface area contributed by atoms with Crippen LogP contribution in [0.15, 0.2) is 81.4 Å². The fourth-order valence-corrected chi connectivity index (χ4v) is 3.10. The first-order chi connectivity index (χ1) is 14.5. The van der Waals surface area contributed by atoms with Crippen molar-refractivity contribution in [3.05, 3.63) is 105 Å². The van der Waals surface area contributed by atoms with Crippen molar-refractivity contribution in [2.24, 2.45) is 5.10 Å². The van der Waals surface area contributed by atoms with E-state index < -0.39 is 22.9 Å². The largest absolute Gasteiger partial charge is 0.494 e. The van der Waals surface area contributed by atoms with E-state index in [2.05, 4.69) is 15.5 Å². The molecule has 7 nitrogen and oxygen atoms in total. The number of nitrogens with zero attached hydrogens (tertiary/aromatic N) is 2. The van der Waals surface area contributed by atoms with Gasteiger partial charge in [-0.15, -0.1) is 0 Å². The predicted octanol–water partition coefficient (Wildman–Crippen LogP) is 3.03. The fraction of sp³-hybridized carbons (Fsp3) is 0.0455. The van der Waals surface area contributed by atoms with Gasteiger partial charge in [-0.1, -0.05) is 48.5 Å². The summed E-state index contributed by atoms with van der Waals surface area (Å²) in [4.78, 5) is 26.5. The lowest BCUT2D eigenvalue weighted by Crippen LogP contribution is -2.32. The van der Waals surface area contributed by atoms with Crippen LogP contribution >= 0.6 is 0 Å². The van der Waals surface area contributed by atoms with E-state index in [1.807, 2.05) is 42.5 Å². The Bertz CT molecular complexity index is 1350. The minimum atomic E-state index is -0.777. The number of benzene rings is 3. The highest BCUT2D eigenvalue weighted by atomic mass is 19.1. The summed E-state index contributed by atoms with van der Waals surface area (Å²) in [5.41, 5.74) is 2.44. The molecule has 1 heterocycles. The minimum absolute atomic E-state index is 0.0423. The molecule has 0 spiro atoms. The van der Waals surface area contributed by atoms with Gasteiger partial charge in [0.05, 0.1) is 18.4 Å². The molecule has 0 aliphatic carbocycles. The van der Waals surface area contributed by atoms with E-state index in [4.69, 9.17) is 0 Å². The minimum Gasteiger partial charge on any atom is -0.494 e. The number of H-pyrrole nitrogens is 1. The van der Waals surface area contributed by atoms with Crippen LogP contribution < -0.4 is 16.7 Å². The van der Waals surface area contributed by atoms with Gasteiger partial charge < -0.3 is 5.11 Å². The van der Waals surface area contributed by atoms with Gasteiger partial charge in [0, 0.05) is 5.39 Å². The Hall–Kier alpha value is -4.20. The lowest BCUT2D eigenvalue weighted by Gasteiger charge is -2.10. The van der Waals surface area contributed by atoms with Crippen LogP contribution in [0, 0.1) is 5.82 Å². The molecule has 8 heteroatoms. The summed E-state index contributed by atoms with van der Waals surface area (Å²) in [6, 6.07) is 18.9. The Balaban J connectivity index is 1.64. The molecular formula is C22H17FN4O3. The number of nitrogens with one attached hydrogen (secondary N) is 2. The molecule has 150 valence electrons. The molecule has 0 saturated carbocycles. The highest BCUT2D eigenvalue weighted by Crippen LogP contribution is 2.22. The molecule has 0 aliphatic heterocycles. The van der Waals surface area contributed by atoms with Crippen LogP contribution in [0.2, 0.25) is 0 Å². The van der Waals surface area contributed by atoms with Crippen LogP contribution in [-0.4, -0.2) is 20.9 Å². The summed E-state index contributed by atoms with van der Waals surface area (Å²) in [6.45, 7) is -0.0423. The van der Waals surface area contributed by atoms with Crippen molar-refractivity contribution in [3.8, 4) is 5.88 Å². The Kier molecular flexibility index (Phi) is 5.13. The summed E-state index contributed by atoms with van der Waals surface area (Å²) in [7, 11) is 0. The number of aromatic amines is 1. The van der Waals surface area contributed by atoms with Gasteiger partial charge in [0.25, 0.3) is 5.56 Å². The van der Waals surface area contributed by atoms with Crippen LogP contribution in [0.1, 0.15) is 11.1 Å². The van der Waals surface area contributed by atoms with E-state index in [9.17, 15) is 19.1 Å². The molecule has 0 saturated heterocycles. The Morgan fingerprint density at radius 1 is 1.03 bits per heavy atom. The maximum absolute atomic E-state index is 13.1. The van der Waals surface area contributed by atoms with Crippen molar-refractivity contribution < 1.29 is 9.50 Å². The Morgan fingerprint density at radius 2 is 1.77 bits per heavy atom. The number of hydrazone groups is 1. The second-order valence-electron chi connectivity index (χ2n) is 6.61. The third-order valence-electron chi connectivity index (χ3n) is 4.63. The lowest BCUT2D eigenvalue weighted by atomic mass is 10.1. The summed E-state index contributed by atoms with van der Waals surface area (Å²) in [5.74, 6) is -0.944. The summed E-state index contributed by atoms with van der Waals surface area (Å²) < 4.78 is 14.1. The summed E-state index contributed by atoms with van der Waals surface area (Å²) in [6.07, 6.45) is 1.15. The Morgan fingerprint density at radius 3 is 2.57 bits per heavy atom. The first-order valence-electron chi connectivity index (χ1n) is 9.10. The molecule has 0 amide bonds. The van der Waals surface area contributed by atoms with E-state index in [1.165, 1.54) is 24.3 Å². The standard InChI is InChI=1S/C22H17FN4O3/c23-16-10-8-14(9-11-16)13-27-21(29)18(20(28)25-22(27)30)12-24-26-19-7-3-5-15-4-1-2-6-17(15)19/h1-12,26,29H,13H2,(H,25,28,30)/b24-12+. The highest BCUT2D eigenvalue weighted by molar-refractivity contribution is 5.94. The number of halogens is 1. The molecule has 0 bridgehead atoms. The van der Waals surface area contributed by atoms with Crippen LogP contribution in [0.4, 0.5) is 10.1 Å². The SMILES string of the molecule is O=c1[nH]c(=O)n(Cc2ccc(F)cc2)c(O)c1/C=N/Nc1cccc2ccccc12. The Labute approximate surface area is 169 Å². The van der Waals surface area contributed by atoms with Crippen LogP contribution in [0.3, 0.4) is 0 Å². The van der Waals surface area contributed by atoms with Crippen molar-refractivity contribution >= 4 is 22.7 Å². The fourth-order valence-electron chi connectivity index (χ4n) is 3.10. The molecule has 0 unspecified atom stereocenters. The third kappa shape index (κ3) is 3.83. The maximum Gasteiger partial charge on any atom is 0.331 e. The summed E-state index contributed by atoms with van der Waals surface area (Å²) >= 11 is 0. The number of rotatable bonds is 5. The number of hydrogen-bond acceptors (Lipinski definition) is 5. The molecule has 0 aliphatic rings. The van der Waals surface area contributed by atoms with Gasteiger partial charge in [-0.2, -0.15) is 5.10 Å². The van der Waals surface area contributed by atoms with Gasteiger partial charge in [0.15, 0.2) is 0 Å². The van der Waals surface area contributed by atoms with Crippen molar-refractivity contribution in [2.45, 2.75) is 6.54 Å². The molecule has 0 atom stereocenters. The van der Waals surface area contributed by atoms with Crippen molar-refractivity contribution in [2.75, 3.05) is 5.43 Å². The van der Waals surface area contributed by atoms with Crippen molar-refractivity contribution in [1.82, 2.24) is 9.55 Å². The molecule has 4 rings (SSSR count). The predicted molar refractivity (Wildman–Crippen MR) is 114 cm³/mol. The van der Waals surface area contributed by atoms with E-state index in [0.29, 0.717) is 5.56 Å². The smallest absolute Gasteiger partial charge is 0.331 e. The third-order valence-corrected chi connectivity index (χ3v) is 4.63. The topological polar surface area (TPSA) is 99.5 Å². The number of fused-ring (bicyclic) bond motifs is 1. The summed E-state index contributed by atoms with van der Waals surface area (Å²) in [5, 5.41) is 16.5. The molecule has 30 heavy (non-hydrogen) atoms. The molecule has 1 aromatic heterocycles. The number of aromatic nitrogens is 2. The van der Waals surface area contributed by atoms with Crippen LogP contribution in [0.25, 0.3) is 10.8 Å². The van der Waals surface area contributed by atoms with Gasteiger partial charge in [-0.3, -0.25) is 19.8 Å². The number of hydrogen-bond donors (Lipinski definition) is 3. The van der Waals surface area contributed by atoms with Crippen molar-refractivity contribution in [1.29, 1.82) is 0 Å². The molecule has 0 fully saturated rings. The first kappa shape index (κ1) is 19.1. The first-order valence-corrected chi connectivity index (χ1v) is 9.10. The maximum atomic E-state index is 13.1. The normalized spacial score (nSPS) is 11.2. The van der Waals surface area contributed by atoms with E-state index in [-0.39, 0.29) is 12.1 Å². The quantitative estimate of drug-likeness (QED) is 0.352. The van der Waals surface area contributed by atoms with Crippen LogP contribution in [-0.2, 0) is 6.54 Å². The molecule has 3 N–H and O–H groups in total. The van der Waals surface area contributed by atoms with E-state index in [1.54, 1.807) is 0 Å².